The molecule has 1 unspecified atom stereocenters. The molecule has 15 heavy (non-hydrogen) atoms. The van der Waals surface area contributed by atoms with Crippen LogP contribution in [0.15, 0.2) is 24.3 Å². The fourth-order valence-corrected chi connectivity index (χ4v) is 3.05. The molecule has 1 aromatic carbocycles. The lowest BCUT2D eigenvalue weighted by atomic mass is 9.82. The summed E-state index contributed by atoms with van der Waals surface area (Å²) in [7, 11) is 0. The van der Waals surface area contributed by atoms with E-state index in [4.69, 9.17) is 0 Å². The highest BCUT2D eigenvalue weighted by Crippen LogP contribution is 2.42. The Morgan fingerprint density at radius 1 is 1.40 bits per heavy atom. The lowest BCUT2D eigenvalue weighted by Gasteiger charge is -2.23. The SMILES string of the molecule is CCN1CCC2(CNc3ccccc32)C1. The Hall–Kier alpha value is -1.02. The Morgan fingerprint density at radius 3 is 3.07 bits per heavy atom. The average molecular weight is 202 g/mol. The van der Waals surface area contributed by atoms with E-state index in [9.17, 15) is 0 Å². The van der Waals surface area contributed by atoms with Crippen molar-refractivity contribution in [1.82, 2.24) is 4.90 Å². The second-order valence-electron chi connectivity index (χ2n) is 4.80. The largest absolute Gasteiger partial charge is 0.384 e. The van der Waals surface area contributed by atoms with Crippen molar-refractivity contribution in [3.8, 4) is 0 Å². The van der Waals surface area contributed by atoms with Gasteiger partial charge in [-0.05, 0) is 31.1 Å². The van der Waals surface area contributed by atoms with Gasteiger partial charge >= 0.3 is 0 Å². The molecule has 0 saturated carbocycles. The molecule has 3 rings (SSSR count). The summed E-state index contributed by atoms with van der Waals surface area (Å²) in [6, 6.07) is 8.80. The highest BCUT2D eigenvalue weighted by Gasteiger charge is 2.43. The summed E-state index contributed by atoms with van der Waals surface area (Å²) in [5, 5.41) is 3.55. The van der Waals surface area contributed by atoms with Gasteiger partial charge in [-0.25, -0.2) is 0 Å². The van der Waals surface area contributed by atoms with Gasteiger partial charge in [-0.3, -0.25) is 0 Å². The molecule has 1 N–H and O–H groups in total. The fraction of sp³-hybridized carbons (Fsp3) is 0.538. The second kappa shape index (κ2) is 3.24. The summed E-state index contributed by atoms with van der Waals surface area (Å²) in [6.45, 7) is 7.06. The third-order valence-corrected chi connectivity index (χ3v) is 4.00. The molecule has 0 amide bonds. The van der Waals surface area contributed by atoms with Crippen LogP contribution in [0.1, 0.15) is 18.9 Å². The average Bonchev–Trinajstić information content (AvgIpc) is 2.86. The van der Waals surface area contributed by atoms with Crippen molar-refractivity contribution in [3.05, 3.63) is 29.8 Å². The van der Waals surface area contributed by atoms with E-state index in [1.54, 1.807) is 5.56 Å². The van der Waals surface area contributed by atoms with Gasteiger partial charge in [0.05, 0.1) is 0 Å². The first-order valence-electron chi connectivity index (χ1n) is 5.90. The number of nitrogens with one attached hydrogen (secondary N) is 1. The zero-order chi connectivity index (χ0) is 10.3. The summed E-state index contributed by atoms with van der Waals surface area (Å²) in [5.74, 6) is 0. The minimum atomic E-state index is 0.409. The summed E-state index contributed by atoms with van der Waals surface area (Å²) in [6.07, 6.45) is 1.31. The van der Waals surface area contributed by atoms with E-state index < -0.39 is 0 Å². The van der Waals surface area contributed by atoms with Crippen LogP contribution < -0.4 is 5.32 Å². The Bertz CT molecular complexity index is 375. The maximum Gasteiger partial charge on any atom is 0.0379 e. The molecule has 1 saturated heterocycles. The van der Waals surface area contributed by atoms with E-state index in [2.05, 4.69) is 41.4 Å². The number of nitrogens with zero attached hydrogens (tertiary/aromatic N) is 1. The highest BCUT2D eigenvalue weighted by molar-refractivity contribution is 5.60. The Labute approximate surface area is 91.3 Å². The van der Waals surface area contributed by atoms with Crippen molar-refractivity contribution in [2.24, 2.45) is 0 Å². The molecule has 2 heteroatoms. The number of fused-ring (bicyclic) bond motifs is 2. The van der Waals surface area contributed by atoms with Gasteiger partial charge in [-0.15, -0.1) is 0 Å². The van der Waals surface area contributed by atoms with E-state index in [-0.39, 0.29) is 0 Å². The lowest BCUT2D eigenvalue weighted by molar-refractivity contribution is 0.333. The van der Waals surface area contributed by atoms with Crippen LogP contribution in [0.25, 0.3) is 0 Å². The van der Waals surface area contributed by atoms with Gasteiger partial charge in [0, 0.05) is 24.2 Å². The molecule has 1 spiro atoms. The predicted octanol–water partition coefficient (Wildman–Crippen LogP) is 2.08. The molecule has 1 fully saturated rings. The van der Waals surface area contributed by atoms with Gasteiger partial charge in [0.25, 0.3) is 0 Å². The van der Waals surface area contributed by atoms with Crippen LogP contribution in [-0.4, -0.2) is 31.1 Å². The molecule has 2 nitrogen and oxygen atoms in total. The maximum atomic E-state index is 3.55. The molecule has 1 aromatic rings. The van der Waals surface area contributed by atoms with E-state index in [0.29, 0.717) is 5.41 Å². The molecule has 2 heterocycles. The van der Waals surface area contributed by atoms with Gasteiger partial charge in [-0.2, -0.15) is 0 Å². The molecule has 2 aliphatic heterocycles. The number of hydrogen-bond acceptors (Lipinski definition) is 2. The number of likely N-dealkylation sites (N-methyl/N-ethyl adjacent to an activating group) is 1. The van der Waals surface area contributed by atoms with Gasteiger partial charge < -0.3 is 10.2 Å². The van der Waals surface area contributed by atoms with E-state index in [1.165, 1.54) is 31.7 Å². The standard InChI is InChI=1S/C13H18N2/c1-2-15-8-7-13(10-15)9-14-12-6-4-3-5-11(12)13/h3-6,14H,2,7-10H2,1H3. The number of anilines is 1. The van der Waals surface area contributed by atoms with Gasteiger partial charge in [-0.1, -0.05) is 25.1 Å². The van der Waals surface area contributed by atoms with Crippen molar-refractivity contribution < 1.29 is 0 Å². The summed E-state index contributed by atoms with van der Waals surface area (Å²) in [4.78, 5) is 2.56. The molecular weight excluding hydrogens is 184 g/mol. The Morgan fingerprint density at radius 2 is 2.27 bits per heavy atom. The van der Waals surface area contributed by atoms with E-state index >= 15 is 0 Å². The number of hydrogen-bond donors (Lipinski definition) is 1. The van der Waals surface area contributed by atoms with Crippen LogP contribution in [0.2, 0.25) is 0 Å². The molecule has 0 aromatic heterocycles. The smallest absolute Gasteiger partial charge is 0.0379 e. The zero-order valence-corrected chi connectivity index (χ0v) is 9.29. The first-order chi connectivity index (χ1) is 7.34. The Kier molecular flexibility index (Phi) is 1.99. The first-order valence-corrected chi connectivity index (χ1v) is 5.90. The van der Waals surface area contributed by atoms with Crippen molar-refractivity contribution >= 4 is 5.69 Å². The first kappa shape index (κ1) is 9.22. The van der Waals surface area contributed by atoms with Crippen LogP contribution in [0.5, 0.6) is 0 Å². The van der Waals surface area contributed by atoms with Crippen LogP contribution >= 0.6 is 0 Å². The van der Waals surface area contributed by atoms with Crippen LogP contribution in [0.4, 0.5) is 5.69 Å². The number of likely N-dealkylation sites (tertiary alicyclic amines) is 1. The maximum absolute atomic E-state index is 3.55. The molecular formula is C13H18N2. The topological polar surface area (TPSA) is 15.3 Å². The summed E-state index contributed by atoms with van der Waals surface area (Å²) >= 11 is 0. The van der Waals surface area contributed by atoms with E-state index in [1.807, 2.05) is 0 Å². The highest BCUT2D eigenvalue weighted by atomic mass is 15.2. The van der Waals surface area contributed by atoms with Crippen LogP contribution in [0.3, 0.4) is 0 Å². The summed E-state index contributed by atoms with van der Waals surface area (Å²) < 4.78 is 0. The Balaban J connectivity index is 1.96. The number of para-hydroxylation sites is 1. The minimum absolute atomic E-state index is 0.409. The monoisotopic (exact) mass is 202 g/mol. The molecule has 0 radical (unpaired) electrons. The third-order valence-electron chi connectivity index (χ3n) is 4.00. The molecule has 0 aliphatic carbocycles. The van der Waals surface area contributed by atoms with Crippen LogP contribution in [-0.2, 0) is 5.41 Å². The zero-order valence-electron chi connectivity index (χ0n) is 9.29. The van der Waals surface area contributed by atoms with Crippen molar-refractivity contribution in [1.29, 1.82) is 0 Å². The van der Waals surface area contributed by atoms with Crippen LogP contribution in [0, 0.1) is 0 Å². The van der Waals surface area contributed by atoms with E-state index in [0.717, 1.165) is 6.54 Å². The quantitative estimate of drug-likeness (QED) is 0.750. The summed E-state index contributed by atoms with van der Waals surface area (Å²) in [5.41, 5.74) is 3.31. The molecule has 80 valence electrons. The minimum Gasteiger partial charge on any atom is -0.384 e. The molecule has 2 aliphatic rings. The lowest BCUT2D eigenvalue weighted by Crippen LogP contribution is -2.32. The number of rotatable bonds is 1. The molecule has 0 bridgehead atoms. The second-order valence-corrected chi connectivity index (χ2v) is 4.80. The normalized spacial score (nSPS) is 29.4. The third kappa shape index (κ3) is 1.28. The fourth-order valence-electron chi connectivity index (χ4n) is 3.05. The number of benzene rings is 1. The van der Waals surface area contributed by atoms with Crippen molar-refractivity contribution in [2.45, 2.75) is 18.8 Å². The predicted molar refractivity (Wildman–Crippen MR) is 63.3 cm³/mol. The van der Waals surface area contributed by atoms with Crippen molar-refractivity contribution in [3.63, 3.8) is 0 Å². The van der Waals surface area contributed by atoms with Crippen molar-refractivity contribution in [2.75, 3.05) is 31.5 Å². The van der Waals surface area contributed by atoms with Gasteiger partial charge in [0.1, 0.15) is 0 Å². The van der Waals surface area contributed by atoms with Gasteiger partial charge in [0.2, 0.25) is 0 Å². The molecule has 1 atom stereocenters. The van der Waals surface area contributed by atoms with Gasteiger partial charge in [0.15, 0.2) is 0 Å².